The summed E-state index contributed by atoms with van der Waals surface area (Å²) in [6.45, 7) is 7.74. The van der Waals surface area contributed by atoms with E-state index in [0.29, 0.717) is 5.35 Å². The van der Waals surface area contributed by atoms with Crippen molar-refractivity contribution in [3.8, 4) is 11.3 Å². The minimum atomic E-state index is 0.168. The van der Waals surface area contributed by atoms with Crippen LogP contribution < -0.4 is 10.6 Å². The fourth-order valence-electron chi connectivity index (χ4n) is 2.96. The van der Waals surface area contributed by atoms with Crippen molar-refractivity contribution in [2.75, 3.05) is 0 Å². The highest BCUT2D eigenvalue weighted by molar-refractivity contribution is 6.28. The van der Waals surface area contributed by atoms with Crippen molar-refractivity contribution in [3.63, 3.8) is 0 Å². The Kier molecular flexibility index (Phi) is 3.44. The molecule has 0 unspecified atom stereocenters. The lowest BCUT2D eigenvalue weighted by Gasteiger charge is -2.05. The van der Waals surface area contributed by atoms with Crippen molar-refractivity contribution >= 4 is 46.2 Å². The summed E-state index contributed by atoms with van der Waals surface area (Å²) in [7, 11) is 0. The standard InChI is InChI=1S/C20H13ClN2O/c1-3-7-13-12(2)22-20(21)23-19(13)15-9-6-11-17-18(15)14-8-4-5-10-16(14)24-17/h3-11H,1-2H2/b13-7+. The molecule has 2 aromatic heterocycles. The first-order valence-corrected chi connectivity index (χ1v) is 7.82. The van der Waals surface area contributed by atoms with E-state index >= 15 is 0 Å². The van der Waals surface area contributed by atoms with Crippen LogP contribution in [-0.2, 0) is 0 Å². The van der Waals surface area contributed by atoms with Gasteiger partial charge in [0.1, 0.15) is 11.2 Å². The molecule has 0 aliphatic carbocycles. The number of benzene rings is 2. The summed E-state index contributed by atoms with van der Waals surface area (Å²) in [6, 6.07) is 13.8. The van der Waals surface area contributed by atoms with Gasteiger partial charge >= 0.3 is 0 Å². The van der Waals surface area contributed by atoms with Gasteiger partial charge in [-0.2, -0.15) is 0 Å². The topological polar surface area (TPSA) is 38.9 Å². The third-order valence-corrected chi connectivity index (χ3v) is 4.11. The van der Waals surface area contributed by atoms with Crippen LogP contribution >= 0.6 is 11.6 Å². The maximum absolute atomic E-state index is 6.09. The first kappa shape index (κ1) is 14.7. The normalized spacial score (nSPS) is 12.1. The smallest absolute Gasteiger partial charge is 0.223 e. The van der Waals surface area contributed by atoms with E-state index < -0.39 is 0 Å². The molecule has 2 heterocycles. The highest BCUT2D eigenvalue weighted by Gasteiger charge is 2.14. The van der Waals surface area contributed by atoms with E-state index in [4.69, 9.17) is 16.0 Å². The molecule has 0 aliphatic heterocycles. The van der Waals surface area contributed by atoms with Gasteiger partial charge in [0.05, 0.1) is 11.0 Å². The zero-order valence-corrected chi connectivity index (χ0v) is 13.5. The summed E-state index contributed by atoms with van der Waals surface area (Å²) < 4.78 is 5.95. The third-order valence-electron chi connectivity index (χ3n) is 3.94. The SMILES string of the molecule is C=C/C=c1/c(-c2cccc3oc4ccccc4c23)nc(Cl)nc1=C. The number of halogens is 1. The lowest BCUT2D eigenvalue weighted by atomic mass is 10.0. The molecule has 0 spiro atoms. The maximum Gasteiger partial charge on any atom is 0.223 e. The second kappa shape index (κ2) is 5.62. The largest absolute Gasteiger partial charge is 0.456 e. The van der Waals surface area contributed by atoms with Gasteiger partial charge in [-0.15, -0.1) is 0 Å². The first-order valence-electron chi connectivity index (χ1n) is 7.45. The van der Waals surface area contributed by atoms with Gasteiger partial charge < -0.3 is 4.42 Å². The average molecular weight is 333 g/mol. The van der Waals surface area contributed by atoms with E-state index in [1.807, 2.05) is 48.5 Å². The number of aromatic nitrogens is 2. The van der Waals surface area contributed by atoms with Gasteiger partial charge in [-0.3, -0.25) is 0 Å². The van der Waals surface area contributed by atoms with Gasteiger partial charge in [0.2, 0.25) is 5.28 Å². The molecular formula is C20H13ClN2O. The summed E-state index contributed by atoms with van der Waals surface area (Å²) >= 11 is 6.09. The Balaban J connectivity index is 2.21. The molecule has 0 N–H and O–H groups in total. The monoisotopic (exact) mass is 332 g/mol. The summed E-state index contributed by atoms with van der Waals surface area (Å²) in [4.78, 5) is 8.60. The van der Waals surface area contributed by atoms with Gasteiger partial charge in [-0.1, -0.05) is 55.6 Å². The summed E-state index contributed by atoms with van der Waals surface area (Å²) in [5, 5.41) is 3.57. The fraction of sp³-hybridized carbons (Fsp3) is 0. The molecule has 0 bridgehead atoms. The van der Waals surface area contributed by atoms with Crippen LogP contribution in [0.5, 0.6) is 0 Å². The van der Waals surface area contributed by atoms with Gasteiger partial charge in [0.15, 0.2) is 0 Å². The lowest BCUT2D eigenvalue weighted by Crippen LogP contribution is -2.30. The molecular weight excluding hydrogens is 320 g/mol. The molecule has 0 aliphatic rings. The van der Waals surface area contributed by atoms with Crippen molar-refractivity contribution < 1.29 is 4.42 Å². The number of hydrogen-bond acceptors (Lipinski definition) is 3. The third kappa shape index (κ3) is 2.22. The molecule has 2 aromatic carbocycles. The van der Waals surface area contributed by atoms with Crippen LogP contribution in [-0.4, -0.2) is 9.97 Å². The first-order chi connectivity index (χ1) is 11.7. The molecule has 3 nitrogen and oxygen atoms in total. The van der Waals surface area contributed by atoms with Crippen molar-refractivity contribution in [1.29, 1.82) is 0 Å². The molecule has 0 saturated heterocycles. The number of furan rings is 1. The molecule has 4 rings (SSSR count). The molecule has 0 saturated carbocycles. The zero-order chi connectivity index (χ0) is 16.7. The predicted octanol–water partition coefficient (Wildman–Crippen LogP) is 4.07. The molecule has 0 radical (unpaired) electrons. The molecule has 24 heavy (non-hydrogen) atoms. The molecule has 116 valence electrons. The van der Waals surface area contributed by atoms with Gasteiger partial charge in [0, 0.05) is 21.6 Å². The Labute approximate surface area is 143 Å². The summed E-state index contributed by atoms with van der Waals surface area (Å²) in [5.74, 6) is 0. The van der Waals surface area contributed by atoms with Crippen LogP contribution in [0.15, 0.2) is 59.5 Å². The van der Waals surface area contributed by atoms with Gasteiger partial charge in [-0.25, -0.2) is 9.97 Å². The van der Waals surface area contributed by atoms with Crippen LogP contribution in [0.3, 0.4) is 0 Å². The Morgan fingerprint density at radius 1 is 1.00 bits per heavy atom. The van der Waals surface area contributed by atoms with Crippen molar-refractivity contribution in [3.05, 3.63) is 71.0 Å². The summed E-state index contributed by atoms with van der Waals surface area (Å²) in [6.07, 6.45) is 3.54. The minimum absolute atomic E-state index is 0.168. The summed E-state index contributed by atoms with van der Waals surface area (Å²) in [5.41, 5.74) is 3.29. The van der Waals surface area contributed by atoms with Crippen LogP contribution in [0.2, 0.25) is 5.28 Å². The van der Waals surface area contributed by atoms with E-state index in [1.165, 1.54) is 0 Å². The second-order valence-corrected chi connectivity index (χ2v) is 5.72. The van der Waals surface area contributed by atoms with Crippen LogP contribution in [0.25, 0.3) is 45.9 Å². The van der Waals surface area contributed by atoms with Gasteiger partial charge in [-0.05, 0) is 23.7 Å². The van der Waals surface area contributed by atoms with E-state index in [1.54, 1.807) is 6.08 Å². The number of allylic oxidation sites excluding steroid dienone is 1. The number of nitrogens with zero attached hydrogens (tertiary/aromatic N) is 2. The Morgan fingerprint density at radius 2 is 1.79 bits per heavy atom. The number of hydrogen-bond donors (Lipinski definition) is 0. The molecule has 0 fully saturated rings. The maximum atomic E-state index is 6.09. The van der Waals surface area contributed by atoms with Gasteiger partial charge in [0.25, 0.3) is 0 Å². The van der Waals surface area contributed by atoms with Crippen molar-refractivity contribution in [1.82, 2.24) is 9.97 Å². The fourth-order valence-corrected chi connectivity index (χ4v) is 3.14. The van der Waals surface area contributed by atoms with Crippen LogP contribution in [0, 0.1) is 0 Å². The number of para-hydroxylation sites is 1. The van der Waals surface area contributed by atoms with Crippen LogP contribution in [0.1, 0.15) is 0 Å². The van der Waals surface area contributed by atoms with E-state index in [9.17, 15) is 0 Å². The Morgan fingerprint density at radius 3 is 2.62 bits per heavy atom. The Bertz CT molecular complexity index is 1210. The second-order valence-electron chi connectivity index (χ2n) is 5.38. The Hall–Kier alpha value is -2.91. The molecule has 4 aromatic rings. The van der Waals surface area contributed by atoms with E-state index in [2.05, 4.69) is 23.1 Å². The molecule has 0 amide bonds. The molecule has 0 atom stereocenters. The van der Waals surface area contributed by atoms with Crippen LogP contribution in [0.4, 0.5) is 0 Å². The lowest BCUT2D eigenvalue weighted by molar-refractivity contribution is 0.669. The van der Waals surface area contributed by atoms with E-state index in [0.717, 1.165) is 38.4 Å². The van der Waals surface area contributed by atoms with E-state index in [-0.39, 0.29) is 5.28 Å². The number of rotatable bonds is 2. The van der Waals surface area contributed by atoms with Crippen molar-refractivity contribution in [2.24, 2.45) is 0 Å². The quantitative estimate of drug-likeness (QED) is 0.519. The predicted molar refractivity (Wildman–Crippen MR) is 99.2 cm³/mol. The highest BCUT2D eigenvalue weighted by Crippen LogP contribution is 2.34. The highest BCUT2D eigenvalue weighted by atomic mass is 35.5. The zero-order valence-electron chi connectivity index (χ0n) is 12.8. The number of fused-ring (bicyclic) bond motifs is 3. The minimum Gasteiger partial charge on any atom is -0.456 e. The molecule has 4 heteroatoms. The average Bonchev–Trinajstić information content (AvgIpc) is 2.96. The van der Waals surface area contributed by atoms with Crippen molar-refractivity contribution in [2.45, 2.75) is 0 Å².